The maximum absolute atomic E-state index is 8.97. The Kier molecular flexibility index (Phi) is 11.1. The Bertz CT molecular complexity index is 1970. The van der Waals surface area contributed by atoms with Crippen LogP contribution in [0.2, 0.25) is 0 Å². The number of rotatable bonds is 6. The van der Waals surface area contributed by atoms with E-state index in [-0.39, 0.29) is 22.4 Å². The molecule has 0 unspecified atom stereocenters. The van der Waals surface area contributed by atoms with E-state index in [1.165, 1.54) is 45.0 Å². The molecule has 4 nitrogen and oxygen atoms in total. The van der Waals surface area contributed by atoms with Crippen molar-refractivity contribution >= 4 is 44.6 Å². The molecule has 0 atom stereocenters. The zero-order valence-corrected chi connectivity index (χ0v) is 32.0. The van der Waals surface area contributed by atoms with E-state index >= 15 is 0 Å². The van der Waals surface area contributed by atoms with Crippen molar-refractivity contribution in [3.05, 3.63) is 138 Å². The van der Waals surface area contributed by atoms with Crippen molar-refractivity contribution in [1.82, 2.24) is 4.98 Å². The van der Waals surface area contributed by atoms with Crippen LogP contribution >= 0.6 is 0 Å². The van der Waals surface area contributed by atoms with E-state index in [1.807, 2.05) is 36.4 Å². The van der Waals surface area contributed by atoms with Gasteiger partial charge in [0.05, 0.1) is 6.07 Å². The van der Waals surface area contributed by atoms with Gasteiger partial charge in [0.1, 0.15) is 0 Å². The van der Waals surface area contributed by atoms with E-state index in [0.717, 1.165) is 21.8 Å². The van der Waals surface area contributed by atoms with Gasteiger partial charge < -0.3 is 14.8 Å². The average molecular weight is 828 g/mol. The van der Waals surface area contributed by atoms with Crippen LogP contribution in [0, 0.1) is 18.0 Å². The summed E-state index contributed by atoms with van der Waals surface area (Å²) in [5, 5.41) is 11.1. The third-order valence-electron chi connectivity index (χ3n) is 9.38. The molecule has 1 aromatic heterocycles. The number of benzene rings is 5. The van der Waals surface area contributed by atoms with Crippen LogP contribution < -0.4 is 14.8 Å². The Morgan fingerprint density at radius 1 is 0.531 bits per heavy atom. The molecule has 2 heterocycles. The first-order valence-electron chi connectivity index (χ1n) is 17.2. The van der Waals surface area contributed by atoms with Gasteiger partial charge >= 0.3 is 0 Å². The van der Waals surface area contributed by atoms with Gasteiger partial charge in [0.25, 0.3) is 0 Å². The van der Waals surface area contributed by atoms with Gasteiger partial charge in [-0.3, -0.25) is 0 Å². The summed E-state index contributed by atoms with van der Waals surface area (Å²) in [6, 6.07) is 38.3. The van der Waals surface area contributed by atoms with Gasteiger partial charge in [-0.1, -0.05) is 140 Å². The Morgan fingerprint density at radius 3 is 1.39 bits per heavy atom. The topological polar surface area (TPSA) is 44.4 Å². The van der Waals surface area contributed by atoms with Crippen LogP contribution in [-0.4, -0.2) is 0 Å². The molecule has 0 spiro atoms. The fraction of sp³-hybridized carbons (Fsp3) is 0.273. The summed E-state index contributed by atoms with van der Waals surface area (Å²) in [6.07, 6.45) is 0. The molecule has 49 heavy (non-hydrogen) atoms. The summed E-state index contributed by atoms with van der Waals surface area (Å²) in [6.45, 7) is 20.7. The van der Waals surface area contributed by atoms with Crippen molar-refractivity contribution in [1.29, 1.82) is 5.26 Å². The second-order valence-electron chi connectivity index (χ2n) is 14.0. The van der Waals surface area contributed by atoms with E-state index in [1.54, 1.807) is 6.07 Å². The molecule has 0 bridgehead atoms. The molecule has 0 saturated heterocycles. The van der Waals surface area contributed by atoms with Gasteiger partial charge in [0, 0.05) is 50.7 Å². The number of para-hydroxylation sites is 6. The van der Waals surface area contributed by atoms with Crippen molar-refractivity contribution in [2.45, 2.75) is 79.1 Å². The molecule has 0 fully saturated rings. The monoisotopic (exact) mass is 827 g/mol. The van der Waals surface area contributed by atoms with Crippen LogP contribution in [0.25, 0.3) is 21.8 Å². The standard InChI is InChI=1S/C31H39N2.C13H7N2.Au/c1-20(2)24-13-11-14-25(21(3)4)30(24)32-19-33(29-18-10-9-17-28(29)32)31-26(22(5)6)15-12-16-27(31)23(7)8;14-8-9-4-3-6-11-10-5-1-2-7-12(10)15-13(9)11;/h9-23H,1-8H3;1-7H;/q2*-1;. The predicted octanol–water partition coefficient (Wildman–Crippen LogP) is 12.4. The summed E-state index contributed by atoms with van der Waals surface area (Å²) in [5.41, 5.74) is 13.2. The Hall–Kier alpha value is -4.27. The SMILES string of the molecule is CC(C)c1cccc(C(C)C)c1N1[CH-]N(c2c(C(C)C)cccc2C(C)C)c2ccccc21.N#Cc1cccc2c1[n-]c1ccccc12.[Au]. The normalized spacial score (nSPS) is 12.5. The minimum atomic E-state index is 0. The van der Waals surface area contributed by atoms with Gasteiger partial charge in [0.15, 0.2) is 0 Å². The van der Waals surface area contributed by atoms with Gasteiger partial charge in [-0.05, 0) is 74.9 Å². The van der Waals surface area contributed by atoms with Crippen LogP contribution in [0.3, 0.4) is 0 Å². The maximum Gasteiger partial charge on any atom is 0.0978 e. The quantitative estimate of drug-likeness (QED) is 0.124. The first-order valence-corrected chi connectivity index (χ1v) is 17.2. The largest absolute Gasteiger partial charge is 0.656 e. The van der Waals surface area contributed by atoms with Gasteiger partial charge in [-0.25, -0.2) is 0 Å². The van der Waals surface area contributed by atoms with Crippen molar-refractivity contribution in [2.75, 3.05) is 9.80 Å². The van der Waals surface area contributed by atoms with E-state index in [2.05, 4.69) is 144 Å². The molecule has 0 saturated carbocycles. The molecule has 6 aromatic rings. The molecule has 1 aliphatic rings. The Labute approximate surface area is 308 Å². The summed E-state index contributed by atoms with van der Waals surface area (Å²) in [5.74, 6) is 1.79. The fourth-order valence-corrected chi connectivity index (χ4v) is 6.94. The third kappa shape index (κ3) is 6.81. The molecule has 7 rings (SSSR count). The molecule has 5 heteroatoms. The van der Waals surface area contributed by atoms with E-state index in [0.29, 0.717) is 29.2 Å². The van der Waals surface area contributed by atoms with Gasteiger partial charge in [-0.2, -0.15) is 5.26 Å². The molecule has 5 aromatic carbocycles. The minimum Gasteiger partial charge on any atom is -0.656 e. The molecule has 1 aliphatic heterocycles. The Balaban J connectivity index is 0.000000243. The smallest absolute Gasteiger partial charge is 0.0978 e. The number of aromatic nitrogens is 1. The zero-order chi connectivity index (χ0) is 34.1. The second-order valence-corrected chi connectivity index (χ2v) is 14.0. The van der Waals surface area contributed by atoms with Gasteiger partial charge in [-0.15, -0.1) is 17.7 Å². The predicted molar refractivity (Wildman–Crippen MR) is 204 cm³/mol. The van der Waals surface area contributed by atoms with Crippen LogP contribution in [0.5, 0.6) is 0 Å². The molecular weight excluding hydrogens is 781 g/mol. The van der Waals surface area contributed by atoms with E-state index in [9.17, 15) is 0 Å². The molecule has 0 aliphatic carbocycles. The molecular formula is C44H46AuN4-2. The van der Waals surface area contributed by atoms with Gasteiger partial charge in [0.2, 0.25) is 0 Å². The Morgan fingerprint density at radius 2 is 0.939 bits per heavy atom. The first-order chi connectivity index (χ1) is 23.1. The number of hydrogen-bond acceptors (Lipinski definition) is 3. The van der Waals surface area contributed by atoms with Crippen molar-refractivity contribution in [3.8, 4) is 6.07 Å². The van der Waals surface area contributed by atoms with Crippen LogP contribution in [-0.2, 0) is 22.4 Å². The van der Waals surface area contributed by atoms with E-state index < -0.39 is 0 Å². The number of nitriles is 1. The number of nitrogens with zero attached hydrogens (tertiary/aromatic N) is 4. The molecule has 1 radical (unpaired) electrons. The summed E-state index contributed by atoms with van der Waals surface area (Å²) in [4.78, 5) is 9.35. The molecule has 255 valence electrons. The van der Waals surface area contributed by atoms with Crippen LogP contribution in [0.4, 0.5) is 22.7 Å². The molecule has 0 N–H and O–H groups in total. The fourth-order valence-electron chi connectivity index (χ4n) is 6.94. The van der Waals surface area contributed by atoms with Crippen LogP contribution in [0.1, 0.15) is 107 Å². The second kappa shape index (κ2) is 15.1. The maximum atomic E-state index is 8.97. The van der Waals surface area contributed by atoms with Crippen LogP contribution in [0.15, 0.2) is 103 Å². The minimum absolute atomic E-state index is 0. The first kappa shape index (κ1) is 36.0. The molecule has 0 amide bonds. The number of hydrogen-bond donors (Lipinski definition) is 0. The van der Waals surface area contributed by atoms with Crippen molar-refractivity contribution in [3.63, 3.8) is 0 Å². The summed E-state index contributed by atoms with van der Waals surface area (Å²) >= 11 is 0. The zero-order valence-electron chi connectivity index (χ0n) is 29.8. The number of fused-ring (bicyclic) bond motifs is 4. The van der Waals surface area contributed by atoms with Crippen molar-refractivity contribution < 1.29 is 22.4 Å². The van der Waals surface area contributed by atoms with Crippen molar-refractivity contribution in [2.24, 2.45) is 0 Å². The average Bonchev–Trinajstić information content (AvgIpc) is 3.66. The number of anilines is 4. The third-order valence-corrected chi connectivity index (χ3v) is 9.38. The van der Waals surface area contributed by atoms with E-state index in [4.69, 9.17) is 5.26 Å². The summed E-state index contributed by atoms with van der Waals surface area (Å²) < 4.78 is 0. The summed E-state index contributed by atoms with van der Waals surface area (Å²) in [7, 11) is 0.